The summed E-state index contributed by atoms with van der Waals surface area (Å²) in [6.07, 6.45) is 3.98. The maximum absolute atomic E-state index is 13.6. The van der Waals surface area contributed by atoms with E-state index in [1.54, 1.807) is 18.2 Å². The number of carbonyl (C=O) groups is 2. The van der Waals surface area contributed by atoms with Gasteiger partial charge in [0, 0.05) is 17.6 Å². The Kier molecular flexibility index (Phi) is 6.27. The van der Waals surface area contributed by atoms with Gasteiger partial charge in [-0.2, -0.15) is 0 Å². The van der Waals surface area contributed by atoms with Crippen LogP contribution in [0.1, 0.15) is 70.7 Å². The fourth-order valence-corrected chi connectivity index (χ4v) is 5.97. The van der Waals surface area contributed by atoms with Crippen LogP contribution in [0, 0.1) is 16.7 Å². The molecule has 1 saturated carbocycles. The third kappa shape index (κ3) is 4.74. The number of rotatable bonds is 5. The predicted molar refractivity (Wildman–Crippen MR) is 118 cm³/mol. The summed E-state index contributed by atoms with van der Waals surface area (Å²) in [5, 5.41) is 3.74. The summed E-state index contributed by atoms with van der Waals surface area (Å²) in [6, 6.07) is 4.47. The molecule has 1 heterocycles. The lowest BCUT2D eigenvalue weighted by atomic mass is 9.65. The van der Waals surface area contributed by atoms with Crippen molar-refractivity contribution >= 4 is 35.0 Å². The quantitative estimate of drug-likeness (QED) is 0.653. The van der Waals surface area contributed by atoms with Crippen LogP contribution in [0.5, 0.6) is 0 Å². The Morgan fingerprint density at radius 3 is 2.55 bits per heavy atom. The molecule has 1 N–H and O–H groups in total. The first-order valence-corrected chi connectivity index (χ1v) is 11.3. The second-order valence-corrected chi connectivity index (χ2v) is 11.0. The molecule has 1 aromatic rings. The van der Waals surface area contributed by atoms with Crippen LogP contribution in [-0.2, 0) is 4.79 Å². The molecule has 160 valence electrons. The van der Waals surface area contributed by atoms with E-state index in [2.05, 4.69) is 26.1 Å². The number of amides is 2. The summed E-state index contributed by atoms with van der Waals surface area (Å²) in [6.45, 7) is 11.7. The van der Waals surface area contributed by atoms with Crippen LogP contribution < -0.4 is 5.32 Å². The van der Waals surface area contributed by atoms with Crippen molar-refractivity contribution in [3.63, 3.8) is 0 Å². The van der Waals surface area contributed by atoms with E-state index in [0.717, 1.165) is 32.2 Å². The lowest BCUT2D eigenvalue weighted by Crippen LogP contribution is -2.53. The number of nitrogens with zero attached hydrogens (tertiary/aromatic N) is 1. The van der Waals surface area contributed by atoms with E-state index in [0.29, 0.717) is 10.6 Å². The van der Waals surface area contributed by atoms with E-state index in [1.165, 1.54) is 0 Å². The molecule has 1 saturated heterocycles. The average molecular weight is 439 g/mol. The zero-order valence-electron chi connectivity index (χ0n) is 18.0. The molecular weight excluding hydrogens is 407 g/mol. The van der Waals surface area contributed by atoms with Gasteiger partial charge in [0.1, 0.15) is 6.04 Å². The van der Waals surface area contributed by atoms with Gasteiger partial charge in [-0.3, -0.25) is 9.59 Å². The van der Waals surface area contributed by atoms with Crippen LogP contribution >= 0.6 is 23.2 Å². The van der Waals surface area contributed by atoms with Crippen LogP contribution in [0.3, 0.4) is 0 Å². The Bertz CT molecular complexity index is 810. The average Bonchev–Trinajstić information content (AvgIpc) is 2.87. The molecule has 1 aliphatic heterocycles. The molecule has 2 aliphatic rings. The zero-order valence-corrected chi connectivity index (χ0v) is 19.5. The van der Waals surface area contributed by atoms with E-state index >= 15 is 0 Å². The van der Waals surface area contributed by atoms with Gasteiger partial charge < -0.3 is 10.2 Å². The first kappa shape index (κ1) is 22.4. The maximum Gasteiger partial charge on any atom is 0.253 e. The third-order valence-corrected chi connectivity index (χ3v) is 7.19. The Morgan fingerprint density at radius 2 is 1.93 bits per heavy atom. The number of hydrogen-bond acceptors (Lipinski definition) is 2. The van der Waals surface area contributed by atoms with Crippen molar-refractivity contribution in [1.82, 2.24) is 10.2 Å². The monoisotopic (exact) mass is 438 g/mol. The van der Waals surface area contributed by atoms with Gasteiger partial charge in [-0.25, -0.2) is 0 Å². The van der Waals surface area contributed by atoms with Crippen molar-refractivity contribution in [3.05, 3.63) is 33.8 Å². The highest BCUT2D eigenvalue weighted by Crippen LogP contribution is 2.52. The van der Waals surface area contributed by atoms with Gasteiger partial charge in [0.05, 0.1) is 10.6 Å². The van der Waals surface area contributed by atoms with E-state index in [-0.39, 0.29) is 39.6 Å². The topological polar surface area (TPSA) is 49.4 Å². The maximum atomic E-state index is 13.6. The molecule has 3 rings (SSSR count). The van der Waals surface area contributed by atoms with Gasteiger partial charge in [-0.1, -0.05) is 64.2 Å². The van der Waals surface area contributed by atoms with E-state index in [9.17, 15) is 9.59 Å². The second-order valence-electron chi connectivity index (χ2n) is 10.1. The fourth-order valence-electron chi connectivity index (χ4n) is 5.47. The molecule has 1 aliphatic carbocycles. The highest BCUT2D eigenvalue weighted by atomic mass is 35.5. The van der Waals surface area contributed by atoms with Crippen molar-refractivity contribution in [2.45, 2.75) is 72.4 Å². The Hall–Kier alpha value is -1.26. The molecular formula is C23H32Cl2N2O2. The van der Waals surface area contributed by atoms with Gasteiger partial charge >= 0.3 is 0 Å². The van der Waals surface area contributed by atoms with Crippen LogP contribution in [0.25, 0.3) is 0 Å². The SMILES string of the molecule is CCC(C)C(NC(=O)c1ccc(Cl)cc1Cl)C(=O)N1CC2(C)CC1CC(C)(C)C2. The largest absolute Gasteiger partial charge is 0.340 e. The number of likely N-dealkylation sites (tertiary alicyclic amines) is 1. The number of nitrogens with one attached hydrogen (secondary N) is 1. The summed E-state index contributed by atoms with van der Waals surface area (Å²) in [5.41, 5.74) is 0.731. The molecule has 0 spiro atoms. The molecule has 0 radical (unpaired) electrons. The number of hydrogen-bond donors (Lipinski definition) is 1. The summed E-state index contributed by atoms with van der Waals surface area (Å²) >= 11 is 12.2. The normalized spacial score (nSPS) is 27.4. The summed E-state index contributed by atoms with van der Waals surface area (Å²) in [5.74, 6) is -0.276. The minimum absolute atomic E-state index is 0.0267. The van der Waals surface area contributed by atoms with Crippen molar-refractivity contribution in [3.8, 4) is 0 Å². The molecule has 0 aromatic heterocycles. The lowest BCUT2D eigenvalue weighted by Gasteiger charge is -2.39. The molecule has 4 atom stereocenters. The number of carbonyl (C=O) groups excluding carboxylic acids is 2. The molecule has 29 heavy (non-hydrogen) atoms. The predicted octanol–water partition coefficient (Wildman–Crippen LogP) is 5.57. The minimum Gasteiger partial charge on any atom is -0.340 e. The molecule has 1 aromatic carbocycles. The Morgan fingerprint density at radius 1 is 1.24 bits per heavy atom. The summed E-state index contributed by atoms with van der Waals surface area (Å²) < 4.78 is 0. The molecule has 2 bridgehead atoms. The Labute approximate surface area is 184 Å². The molecule has 4 unspecified atom stereocenters. The lowest BCUT2D eigenvalue weighted by molar-refractivity contribution is -0.135. The number of halogens is 2. The molecule has 6 heteroatoms. The molecule has 2 amide bonds. The highest BCUT2D eigenvalue weighted by molar-refractivity contribution is 6.36. The van der Waals surface area contributed by atoms with Crippen LogP contribution in [0.2, 0.25) is 10.0 Å². The van der Waals surface area contributed by atoms with Gasteiger partial charge in [-0.15, -0.1) is 0 Å². The first-order chi connectivity index (χ1) is 13.4. The van der Waals surface area contributed by atoms with Crippen molar-refractivity contribution < 1.29 is 9.59 Å². The van der Waals surface area contributed by atoms with E-state index < -0.39 is 6.04 Å². The standard InChI is InChI=1S/C23H32Cl2N2O2/c1-6-14(2)19(26-20(28)17-8-7-15(24)9-18(17)25)21(29)27-13-23(5)11-16(27)10-22(3,4)12-23/h7-9,14,16,19H,6,10-13H2,1-5H3,(H,26,28). The minimum atomic E-state index is -0.565. The summed E-state index contributed by atoms with van der Waals surface area (Å²) in [7, 11) is 0. The van der Waals surface area contributed by atoms with Gasteiger partial charge in [-0.05, 0) is 54.2 Å². The molecule has 2 fully saturated rings. The van der Waals surface area contributed by atoms with E-state index in [1.807, 2.05) is 18.7 Å². The van der Waals surface area contributed by atoms with Crippen LogP contribution in [0.15, 0.2) is 18.2 Å². The van der Waals surface area contributed by atoms with Crippen LogP contribution in [0.4, 0.5) is 0 Å². The third-order valence-electron chi connectivity index (χ3n) is 6.64. The number of benzene rings is 1. The van der Waals surface area contributed by atoms with Crippen LogP contribution in [-0.4, -0.2) is 35.3 Å². The summed E-state index contributed by atoms with van der Waals surface area (Å²) in [4.78, 5) is 28.6. The van der Waals surface area contributed by atoms with Gasteiger partial charge in [0.25, 0.3) is 5.91 Å². The van der Waals surface area contributed by atoms with Gasteiger partial charge in [0.15, 0.2) is 0 Å². The van der Waals surface area contributed by atoms with Crippen molar-refractivity contribution in [2.24, 2.45) is 16.7 Å². The van der Waals surface area contributed by atoms with Crippen molar-refractivity contribution in [2.75, 3.05) is 6.54 Å². The van der Waals surface area contributed by atoms with Gasteiger partial charge in [0.2, 0.25) is 5.91 Å². The first-order valence-electron chi connectivity index (χ1n) is 10.5. The smallest absolute Gasteiger partial charge is 0.253 e. The second kappa shape index (κ2) is 8.11. The zero-order chi connectivity index (χ0) is 21.6. The Balaban J connectivity index is 1.82. The fraction of sp³-hybridized carbons (Fsp3) is 0.652. The number of fused-ring (bicyclic) bond motifs is 2. The van der Waals surface area contributed by atoms with Crippen molar-refractivity contribution in [1.29, 1.82) is 0 Å². The highest BCUT2D eigenvalue weighted by Gasteiger charge is 2.52. The van der Waals surface area contributed by atoms with E-state index in [4.69, 9.17) is 23.2 Å². The molecule has 4 nitrogen and oxygen atoms in total.